The summed E-state index contributed by atoms with van der Waals surface area (Å²) in [7, 11) is -0.949. The lowest BCUT2D eigenvalue weighted by molar-refractivity contribution is 1.01. The molecule has 0 fully saturated rings. The van der Waals surface area contributed by atoms with Crippen molar-refractivity contribution in [2.24, 2.45) is 4.99 Å². The first-order valence-corrected chi connectivity index (χ1v) is 10.7. The number of nitrogens with two attached hydrogens (primary N) is 1. The highest BCUT2D eigenvalue weighted by Crippen LogP contribution is 2.16. The molecule has 1 aromatic carbocycles. The van der Waals surface area contributed by atoms with Crippen LogP contribution < -0.4 is 5.73 Å². The molecule has 0 bridgehead atoms. The summed E-state index contributed by atoms with van der Waals surface area (Å²) < 4.78 is 0. The number of benzene rings is 1. The second-order valence-electron chi connectivity index (χ2n) is 5.83. The first-order valence-electron chi connectivity index (χ1n) is 6.58. The highest BCUT2D eigenvalue weighted by Gasteiger charge is 2.08. The summed E-state index contributed by atoms with van der Waals surface area (Å²) in [5.41, 5.74) is 7.44. The second kappa shape index (κ2) is 7.51. The molecule has 1 aromatic rings. The minimum absolute atomic E-state index is 0.686. The van der Waals surface area contributed by atoms with E-state index in [4.69, 9.17) is 17.3 Å². The van der Waals surface area contributed by atoms with Gasteiger partial charge in [0.05, 0.1) is 0 Å². The first-order chi connectivity index (χ1) is 8.88. The van der Waals surface area contributed by atoms with E-state index in [0.717, 1.165) is 18.5 Å². The second-order valence-corrected chi connectivity index (χ2v) is 11.8. The van der Waals surface area contributed by atoms with E-state index in [0.29, 0.717) is 10.7 Å². The molecule has 0 unspecified atom stereocenters. The molecule has 4 heteroatoms. The van der Waals surface area contributed by atoms with Crippen molar-refractivity contribution in [3.8, 4) is 0 Å². The number of nitrogen functional groups attached to an aromatic ring is 1. The topological polar surface area (TPSA) is 38.4 Å². The van der Waals surface area contributed by atoms with E-state index in [1.807, 2.05) is 6.07 Å². The fourth-order valence-electron chi connectivity index (χ4n) is 1.52. The van der Waals surface area contributed by atoms with Crippen LogP contribution in [0.5, 0.6) is 0 Å². The van der Waals surface area contributed by atoms with Crippen LogP contribution in [-0.4, -0.2) is 20.8 Å². The maximum absolute atomic E-state index is 5.92. The van der Waals surface area contributed by atoms with Crippen molar-refractivity contribution in [3.63, 3.8) is 0 Å². The summed E-state index contributed by atoms with van der Waals surface area (Å²) in [5, 5.41) is 0.686. The molecule has 0 saturated heterocycles. The number of aliphatic imine (C=N–C) groups is 1. The smallest absolute Gasteiger partial charge is 0.0480 e. The molecule has 0 saturated carbocycles. The van der Waals surface area contributed by atoms with Crippen LogP contribution in [0.25, 0.3) is 0 Å². The van der Waals surface area contributed by atoms with E-state index >= 15 is 0 Å². The Labute approximate surface area is 122 Å². The molecule has 0 spiro atoms. The summed E-state index contributed by atoms with van der Waals surface area (Å²) >= 11 is 5.92. The Balaban J connectivity index is 2.37. The van der Waals surface area contributed by atoms with Crippen LogP contribution in [-0.2, 0) is 0 Å². The molecule has 0 aliphatic rings. The number of hydrogen-bond donors (Lipinski definition) is 1. The van der Waals surface area contributed by atoms with Crippen LogP contribution in [0.3, 0.4) is 0 Å². The lowest BCUT2D eigenvalue weighted by Crippen LogP contribution is -2.17. The van der Waals surface area contributed by atoms with E-state index in [1.54, 1.807) is 18.3 Å². The molecule has 104 valence electrons. The van der Waals surface area contributed by atoms with Gasteiger partial charge >= 0.3 is 0 Å². The maximum Gasteiger partial charge on any atom is 0.0480 e. The number of rotatable bonds is 6. The maximum atomic E-state index is 5.92. The highest BCUT2D eigenvalue weighted by atomic mass is 35.5. The normalized spacial score (nSPS) is 12.6. The lowest BCUT2D eigenvalue weighted by atomic mass is 10.2. The Hall–Kier alpha value is -1.06. The SMILES string of the molecule is C[Si](C)(C)C/C=C\CCN=Cc1cc(Cl)ccc1N. The van der Waals surface area contributed by atoms with Crippen molar-refractivity contribution in [1.82, 2.24) is 0 Å². The van der Waals surface area contributed by atoms with Crippen molar-refractivity contribution in [2.75, 3.05) is 12.3 Å². The van der Waals surface area contributed by atoms with Gasteiger partial charge < -0.3 is 5.73 Å². The average molecular weight is 295 g/mol. The predicted octanol–water partition coefficient (Wildman–Crippen LogP) is 4.63. The molecule has 0 amide bonds. The summed E-state index contributed by atoms with van der Waals surface area (Å²) in [4.78, 5) is 4.37. The Bertz CT molecular complexity index is 462. The van der Waals surface area contributed by atoms with Gasteiger partial charge in [-0.1, -0.05) is 43.4 Å². The number of hydrogen-bond acceptors (Lipinski definition) is 2. The zero-order valence-electron chi connectivity index (χ0n) is 12.0. The zero-order valence-corrected chi connectivity index (χ0v) is 13.7. The summed E-state index contributed by atoms with van der Waals surface area (Å²) in [6, 6.07) is 6.66. The minimum atomic E-state index is -0.949. The van der Waals surface area contributed by atoms with E-state index in [2.05, 4.69) is 36.8 Å². The quantitative estimate of drug-likeness (QED) is 0.268. The van der Waals surface area contributed by atoms with Crippen molar-refractivity contribution in [2.45, 2.75) is 32.1 Å². The molecule has 0 aliphatic heterocycles. The largest absolute Gasteiger partial charge is 0.398 e. The van der Waals surface area contributed by atoms with Gasteiger partial charge in [-0.3, -0.25) is 4.99 Å². The fourth-order valence-corrected chi connectivity index (χ4v) is 2.58. The van der Waals surface area contributed by atoms with Crippen molar-refractivity contribution in [3.05, 3.63) is 40.9 Å². The Morgan fingerprint density at radius 2 is 2.00 bits per heavy atom. The van der Waals surface area contributed by atoms with E-state index < -0.39 is 8.07 Å². The van der Waals surface area contributed by atoms with Crippen LogP contribution in [0, 0.1) is 0 Å². The van der Waals surface area contributed by atoms with Gasteiger partial charge in [0, 0.05) is 37.1 Å². The van der Waals surface area contributed by atoms with Gasteiger partial charge in [-0.25, -0.2) is 0 Å². The fraction of sp³-hybridized carbons (Fsp3) is 0.400. The molecule has 2 nitrogen and oxygen atoms in total. The molecule has 0 radical (unpaired) electrons. The van der Waals surface area contributed by atoms with Crippen LogP contribution in [0.15, 0.2) is 35.3 Å². The third kappa shape index (κ3) is 7.18. The molecule has 0 heterocycles. The lowest BCUT2D eigenvalue weighted by Gasteiger charge is -2.11. The van der Waals surface area contributed by atoms with Gasteiger partial charge in [0.15, 0.2) is 0 Å². The van der Waals surface area contributed by atoms with Crippen LogP contribution >= 0.6 is 11.6 Å². The molecule has 2 N–H and O–H groups in total. The summed E-state index contributed by atoms with van der Waals surface area (Å²) in [5.74, 6) is 0. The molecule has 0 atom stereocenters. The van der Waals surface area contributed by atoms with Gasteiger partial charge in [0.1, 0.15) is 0 Å². The molecule has 0 aliphatic carbocycles. The molecule has 19 heavy (non-hydrogen) atoms. The third-order valence-electron chi connectivity index (χ3n) is 2.60. The molecular formula is C15H23ClN2Si. The van der Waals surface area contributed by atoms with Crippen molar-refractivity contribution in [1.29, 1.82) is 0 Å². The van der Waals surface area contributed by atoms with Gasteiger partial charge in [-0.15, -0.1) is 0 Å². The van der Waals surface area contributed by atoms with Gasteiger partial charge in [0.25, 0.3) is 0 Å². The van der Waals surface area contributed by atoms with E-state index in [9.17, 15) is 0 Å². The number of anilines is 1. The van der Waals surface area contributed by atoms with Gasteiger partial charge in [0.2, 0.25) is 0 Å². The monoisotopic (exact) mass is 294 g/mol. The van der Waals surface area contributed by atoms with Crippen LogP contribution in [0.4, 0.5) is 5.69 Å². The van der Waals surface area contributed by atoms with Crippen LogP contribution in [0.2, 0.25) is 30.7 Å². The Kier molecular flexibility index (Phi) is 6.32. The molecular weight excluding hydrogens is 272 g/mol. The highest BCUT2D eigenvalue weighted by molar-refractivity contribution is 6.76. The predicted molar refractivity (Wildman–Crippen MR) is 90.2 cm³/mol. The number of halogens is 1. The van der Waals surface area contributed by atoms with Crippen molar-refractivity contribution < 1.29 is 0 Å². The first kappa shape index (κ1) is 16.0. The summed E-state index contributed by atoms with van der Waals surface area (Å²) in [6.45, 7) is 7.90. The number of nitrogens with zero attached hydrogens (tertiary/aromatic N) is 1. The zero-order chi connectivity index (χ0) is 14.3. The van der Waals surface area contributed by atoms with E-state index in [-0.39, 0.29) is 0 Å². The Morgan fingerprint density at radius 1 is 1.26 bits per heavy atom. The Morgan fingerprint density at radius 3 is 2.68 bits per heavy atom. The van der Waals surface area contributed by atoms with Gasteiger partial charge in [-0.05, 0) is 30.7 Å². The summed E-state index contributed by atoms with van der Waals surface area (Å²) in [6.07, 6.45) is 7.28. The number of allylic oxidation sites excluding steroid dienone is 1. The van der Waals surface area contributed by atoms with Crippen LogP contribution in [0.1, 0.15) is 12.0 Å². The van der Waals surface area contributed by atoms with Gasteiger partial charge in [-0.2, -0.15) is 0 Å². The van der Waals surface area contributed by atoms with Crippen molar-refractivity contribution >= 4 is 31.6 Å². The molecule has 0 aromatic heterocycles. The van der Waals surface area contributed by atoms with E-state index in [1.165, 1.54) is 6.04 Å². The third-order valence-corrected chi connectivity index (χ3v) is 4.30. The standard InChI is InChI=1S/C15H23ClN2Si/c1-19(2,3)10-6-4-5-9-18-12-13-11-14(16)7-8-15(13)17/h4,6-8,11-12H,5,9-10,17H2,1-3H3/b6-4-,18-12?. The average Bonchev–Trinajstić information content (AvgIpc) is 2.31. The minimum Gasteiger partial charge on any atom is -0.398 e. The molecule has 1 rings (SSSR count).